The van der Waals surface area contributed by atoms with Crippen LogP contribution in [0.15, 0.2) is 24.3 Å². The predicted molar refractivity (Wildman–Crippen MR) is 199 cm³/mol. The molecule has 11 nitrogen and oxygen atoms in total. The molecule has 7 saturated heterocycles. The molecule has 304 valence electrons. The summed E-state index contributed by atoms with van der Waals surface area (Å²) in [6.45, 7) is 15.2. The summed E-state index contributed by atoms with van der Waals surface area (Å²) < 4.78 is 46.7. The Hall–Kier alpha value is -1.25. The van der Waals surface area contributed by atoms with Crippen LogP contribution in [0.3, 0.4) is 0 Å². The van der Waals surface area contributed by atoms with Gasteiger partial charge in [-0.1, -0.05) is 33.9 Å². The number of ketones is 1. The maximum absolute atomic E-state index is 14.1. The van der Waals surface area contributed by atoms with Crippen LogP contribution in [0.1, 0.15) is 111 Å². The van der Waals surface area contributed by atoms with Crippen molar-refractivity contribution in [1.82, 2.24) is 0 Å². The zero-order valence-corrected chi connectivity index (χ0v) is 32.9. The van der Waals surface area contributed by atoms with E-state index in [2.05, 4.69) is 20.1 Å². The molecular formula is C43H66O11. The van der Waals surface area contributed by atoms with Gasteiger partial charge in [-0.25, -0.2) is 0 Å². The van der Waals surface area contributed by atoms with Crippen LogP contribution in [-0.4, -0.2) is 125 Å². The molecule has 9 bridgehead atoms. The molecule has 1 saturated carbocycles. The van der Waals surface area contributed by atoms with Gasteiger partial charge in [-0.2, -0.15) is 0 Å². The summed E-state index contributed by atoms with van der Waals surface area (Å²) in [7, 11) is 1.68. The highest BCUT2D eigenvalue weighted by molar-refractivity contribution is 5.79. The van der Waals surface area contributed by atoms with Crippen molar-refractivity contribution in [2.45, 2.75) is 208 Å². The number of carbonyl (C=O) groups is 1. The first-order valence-corrected chi connectivity index (χ1v) is 21.3. The van der Waals surface area contributed by atoms with E-state index in [0.717, 1.165) is 49.7 Å². The van der Waals surface area contributed by atoms with Gasteiger partial charge in [0, 0.05) is 51.0 Å². The number of aliphatic hydroxyl groups is 3. The molecule has 8 aliphatic rings. The molecule has 0 amide bonds. The maximum Gasteiger partial charge on any atom is 0.135 e. The van der Waals surface area contributed by atoms with Crippen molar-refractivity contribution in [3.8, 4) is 0 Å². The zero-order chi connectivity index (χ0) is 38.1. The molecule has 8 rings (SSSR count). The van der Waals surface area contributed by atoms with Crippen molar-refractivity contribution in [1.29, 1.82) is 0 Å². The van der Waals surface area contributed by atoms with Gasteiger partial charge in [0.05, 0.1) is 85.0 Å². The lowest BCUT2D eigenvalue weighted by molar-refractivity contribution is -0.295. The number of carbonyl (C=O) groups excluding carboxylic acids is 1. The highest BCUT2D eigenvalue weighted by Gasteiger charge is 2.62. The molecule has 1 aliphatic carbocycles. The fourth-order valence-electron chi connectivity index (χ4n) is 11.5. The van der Waals surface area contributed by atoms with Crippen molar-refractivity contribution in [2.75, 3.05) is 7.11 Å². The van der Waals surface area contributed by atoms with Crippen molar-refractivity contribution in [2.24, 2.45) is 23.7 Å². The Bertz CT molecular complexity index is 1390. The number of methoxy groups -OCH3 is 1. The number of Topliss-reactive ketones (excluding diaryl/α,β-unsaturated/α-hetero) is 1. The Kier molecular flexibility index (Phi) is 11.6. The maximum atomic E-state index is 14.1. The minimum absolute atomic E-state index is 0.0348. The van der Waals surface area contributed by atoms with E-state index in [0.29, 0.717) is 38.5 Å². The van der Waals surface area contributed by atoms with Crippen LogP contribution in [0.25, 0.3) is 0 Å². The van der Waals surface area contributed by atoms with E-state index in [-0.39, 0.29) is 115 Å². The summed E-state index contributed by atoms with van der Waals surface area (Å²) in [5.41, 5.74) is 1.95. The van der Waals surface area contributed by atoms with Crippen LogP contribution in [0.4, 0.5) is 0 Å². The molecule has 1 spiro atoms. The molecule has 0 aromatic rings. The minimum Gasteiger partial charge on any atom is -0.393 e. The lowest BCUT2D eigenvalue weighted by Crippen LogP contribution is -2.64. The van der Waals surface area contributed by atoms with E-state index >= 15 is 0 Å². The lowest BCUT2D eigenvalue weighted by Gasteiger charge is -2.52. The summed E-state index contributed by atoms with van der Waals surface area (Å²) in [5.74, 6) is 0.227. The first-order chi connectivity index (χ1) is 25.9. The van der Waals surface area contributed by atoms with Gasteiger partial charge >= 0.3 is 0 Å². The second-order valence-electron chi connectivity index (χ2n) is 18.6. The topological polar surface area (TPSA) is 142 Å². The van der Waals surface area contributed by atoms with Crippen molar-refractivity contribution in [3.05, 3.63) is 24.3 Å². The van der Waals surface area contributed by atoms with Gasteiger partial charge in [-0.05, 0) is 80.8 Å². The van der Waals surface area contributed by atoms with Gasteiger partial charge in [0.25, 0.3) is 0 Å². The Morgan fingerprint density at radius 3 is 2.41 bits per heavy atom. The van der Waals surface area contributed by atoms with Crippen LogP contribution >= 0.6 is 0 Å². The number of fused-ring (bicyclic) bond motifs is 7. The molecule has 11 heteroatoms. The summed E-state index contributed by atoms with van der Waals surface area (Å²) in [5, 5.41) is 33.2. The molecule has 3 N–H and O–H groups in total. The van der Waals surface area contributed by atoms with E-state index < -0.39 is 24.4 Å². The second-order valence-corrected chi connectivity index (χ2v) is 18.6. The standard InChI is InChI=1S/C43H66O11/c1-7-26(44)16-37-41(48-6)31-15-27(45)14-29-9-11-34-42(50-29)40-24(5)39(53-34)38(47)32(46)17-30(51-40)13-25-20-43(25)19-22(3)33(54-43)10-8-28-12-21(2)23(4)35(49-28)18-36(31)52-37/h21,24-26,28-42,44,46-47H,3-4,7-20H2,1-2,5-6H3/t21-,24?,25?,26-,28+,29-,30+,31+,32-,33+,34+,35-,36+,37-,38+,39-,40-,41-,42+,43+/m1/s1. The molecule has 7 aliphatic heterocycles. The molecule has 7 heterocycles. The van der Waals surface area contributed by atoms with Gasteiger partial charge in [0.15, 0.2) is 0 Å². The largest absolute Gasteiger partial charge is 0.393 e. The molecular weight excluding hydrogens is 692 g/mol. The smallest absolute Gasteiger partial charge is 0.135 e. The molecule has 54 heavy (non-hydrogen) atoms. The van der Waals surface area contributed by atoms with Crippen LogP contribution in [-0.2, 0) is 38.0 Å². The van der Waals surface area contributed by atoms with Gasteiger partial charge in [0.1, 0.15) is 18.0 Å². The number of ether oxygens (including phenoxy) is 7. The molecule has 8 fully saturated rings. The van der Waals surface area contributed by atoms with Crippen LogP contribution < -0.4 is 0 Å². The molecule has 0 radical (unpaired) electrons. The van der Waals surface area contributed by atoms with Gasteiger partial charge in [-0.15, -0.1) is 0 Å². The van der Waals surface area contributed by atoms with E-state index in [4.69, 9.17) is 33.2 Å². The minimum atomic E-state index is -1.02. The van der Waals surface area contributed by atoms with Crippen molar-refractivity contribution in [3.63, 3.8) is 0 Å². The number of aliphatic hydroxyl groups excluding tert-OH is 3. The van der Waals surface area contributed by atoms with E-state index in [1.165, 1.54) is 0 Å². The number of rotatable bonds is 4. The van der Waals surface area contributed by atoms with Crippen LogP contribution in [0.2, 0.25) is 0 Å². The fourth-order valence-corrected chi connectivity index (χ4v) is 11.5. The Labute approximate surface area is 321 Å². The van der Waals surface area contributed by atoms with Crippen LogP contribution in [0, 0.1) is 23.7 Å². The monoisotopic (exact) mass is 758 g/mol. The highest BCUT2D eigenvalue weighted by atomic mass is 16.6. The quantitative estimate of drug-likeness (QED) is 0.342. The lowest BCUT2D eigenvalue weighted by atomic mass is 9.79. The van der Waals surface area contributed by atoms with E-state index in [9.17, 15) is 20.1 Å². The SMILES string of the molecule is C=C1C[C@]23CC2C[C@H]2C[C@@H](O)[C@H](O)[C@@H]4O[C@H]5CC[C@H](CC(=O)C[C@@H]6[C@@H](OC)[C@@H](C[C@H](O)CC)O[C@H]6C[C@H]6O[C@@H](CC[C@@H]1O3)C[C@@H](C)C6=C)O[C@@H]5[C@H](O2)C4C. The summed E-state index contributed by atoms with van der Waals surface area (Å²) in [4.78, 5) is 14.1. The average molecular weight is 759 g/mol. The third-order valence-electron chi connectivity index (χ3n) is 14.8. The predicted octanol–water partition coefficient (Wildman–Crippen LogP) is 4.75. The fraction of sp³-hybridized carbons (Fsp3) is 0.884. The van der Waals surface area contributed by atoms with Gasteiger partial charge in [0.2, 0.25) is 0 Å². The third kappa shape index (κ3) is 7.70. The molecule has 0 aromatic heterocycles. The summed E-state index contributed by atoms with van der Waals surface area (Å²) >= 11 is 0. The van der Waals surface area contributed by atoms with Crippen molar-refractivity contribution >= 4 is 5.78 Å². The molecule has 20 atom stereocenters. The Morgan fingerprint density at radius 1 is 0.852 bits per heavy atom. The average Bonchev–Trinajstić information content (AvgIpc) is 3.53. The highest BCUT2D eigenvalue weighted by Crippen LogP contribution is 2.59. The zero-order valence-electron chi connectivity index (χ0n) is 32.9. The molecule has 0 aromatic carbocycles. The van der Waals surface area contributed by atoms with Gasteiger partial charge in [-0.3, -0.25) is 4.79 Å². The normalized spacial score (nSPS) is 51.7. The van der Waals surface area contributed by atoms with E-state index in [1.54, 1.807) is 7.11 Å². The Balaban J connectivity index is 1.07. The first-order valence-electron chi connectivity index (χ1n) is 21.3. The number of hydrogen-bond donors (Lipinski definition) is 3. The van der Waals surface area contributed by atoms with Gasteiger partial charge < -0.3 is 48.5 Å². The van der Waals surface area contributed by atoms with E-state index in [1.807, 2.05) is 13.8 Å². The first kappa shape index (κ1) is 39.6. The van der Waals surface area contributed by atoms with Crippen LogP contribution in [0.5, 0.6) is 0 Å². The second kappa shape index (κ2) is 15.8. The Morgan fingerprint density at radius 2 is 1.63 bits per heavy atom. The third-order valence-corrected chi connectivity index (χ3v) is 14.8. The number of hydrogen-bond acceptors (Lipinski definition) is 11. The summed E-state index contributed by atoms with van der Waals surface area (Å²) in [6, 6.07) is 0. The van der Waals surface area contributed by atoms with Crippen molar-refractivity contribution < 1.29 is 53.3 Å². The summed E-state index contributed by atoms with van der Waals surface area (Å²) in [6.07, 6.45) is 3.01. The molecule has 2 unspecified atom stereocenters.